The predicted octanol–water partition coefficient (Wildman–Crippen LogP) is 3.41. The number of pyridine rings is 1. The molecule has 11 heteroatoms. The fourth-order valence-corrected chi connectivity index (χ4v) is 5.11. The molecule has 4 aromatic rings. The molecule has 0 aliphatic heterocycles. The molecule has 33 heavy (non-hydrogen) atoms. The summed E-state index contributed by atoms with van der Waals surface area (Å²) in [5.41, 5.74) is 10.0. The normalized spacial score (nSPS) is 20.3. The molecule has 5 rings (SSSR count). The first-order chi connectivity index (χ1) is 15.7. The van der Waals surface area contributed by atoms with Gasteiger partial charge >= 0.3 is 0 Å². The fourth-order valence-electron chi connectivity index (χ4n) is 4.28. The van der Waals surface area contributed by atoms with Crippen LogP contribution in [0.5, 0.6) is 0 Å². The molecule has 1 aliphatic carbocycles. The van der Waals surface area contributed by atoms with E-state index < -0.39 is 23.9 Å². The smallest absolute Gasteiger partial charge is 0.280 e. The van der Waals surface area contributed by atoms with Crippen LogP contribution >= 0.6 is 11.3 Å². The number of nitrogens with one attached hydrogen (secondary N) is 1. The molecule has 0 saturated heterocycles. The molecule has 0 spiro atoms. The maximum Gasteiger partial charge on any atom is 0.280 e. The van der Waals surface area contributed by atoms with E-state index in [1.165, 1.54) is 11.3 Å². The summed E-state index contributed by atoms with van der Waals surface area (Å²) in [6.07, 6.45) is 7.81. The summed E-state index contributed by atoms with van der Waals surface area (Å²) in [7, 11) is 1.86. The van der Waals surface area contributed by atoms with Crippen molar-refractivity contribution in [2.75, 3.05) is 0 Å². The summed E-state index contributed by atoms with van der Waals surface area (Å²) in [5.74, 6) is -3.66. The van der Waals surface area contributed by atoms with Crippen molar-refractivity contribution in [3.8, 4) is 22.4 Å². The minimum Gasteiger partial charge on any atom is -0.340 e. The van der Waals surface area contributed by atoms with E-state index in [0.29, 0.717) is 18.5 Å². The van der Waals surface area contributed by atoms with Gasteiger partial charge in [0.05, 0.1) is 23.6 Å². The minimum absolute atomic E-state index is 0.127. The van der Waals surface area contributed by atoms with Gasteiger partial charge in [0.15, 0.2) is 5.01 Å². The van der Waals surface area contributed by atoms with E-state index in [9.17, 15) is 13.6 Å². The second kappa shape index (κ2) is 7.99. The first-order valence-electron chi connectivity index (χ1n) is 10.6. The Morgan fingerprint density at radius 2 is 2.06 bits per heavy atom. The highest BCUT2D eigenvalue weighted by Crippen LogP contribution is 2.34. The van der Waals surface area contributed by atoms with Gasteiger partial charge in [-0.25, -0.2) is 18.3 Å². The van der Waals surface area contributed by atoms with Gasteiger partial charge in [-0.1, -0.05) is 6.07 Å². The van der Waals surface area contributed by atoms with Crippen LogP contribution in [0, 0.1) is 6.92 Å². The largest absolute Gasteiger partial charge is 0.340 e. The molecule has 1 fully saturated rings. The molecule has 0 radical (unpaired) electrons. The Bertz CT molecular complexity index is 1340. The molecular formula is C22H23F2N7OS. The minimum atomic E-state index is -3.03. The summed E-state index contributed by atoms with van der Waals surface area (Å²) in [6.45, 7) is 1.85. The second-order valence-corrected chi connectivity index (χ2v) is 9.60. The van der Waals surface area contributed by atoms with Crippen molar-refractivity contribution >= 4 is 22.8 Å². The first-order valence-corrected chi connectivity index (χ1v) is 11.4. The Balaban J connectivity index is 1.43. The van der Waals surface area contributed by atoms with Crippen LogP contribution in [0.1, 0.15) is 33.9 Å². The SMILES string of the molecule is Cc1sc(C(=O)N[C@@H]2[C@H](N)CCCC2(F)F)nc1-c1cnn2cc(-c3cnn(C)c3)ccc12. The number of hydrogen-bond acceptors (Lipinski definition) is 6. The van der Waals surface area contributed by atoms with E-state index in [1.54, 1.807) is 21.6 Å². The van der Waals surface area contributed by atoms with E-state index in [-0.39, 0.29) is 11.4 Å². The fraction of sp³-hybridized carbons (Fsp3) is 0.364. The van der Waals surface area contributed by atoms with Crippen molar-refractivity contribution in [3.63, 3.8) is 0 Å². The van der Waals surface area contributed by atoms with Crippen molar-refractivity contribution in [2.45, 2.75) is 44.2 Å². The average Bonchev–Trinajstić information content (AvgIpc) is 3.48. The summed E-state index contributed by atoms with van der Waals surface area (Å²) in [5, 5.41) is 11.2. The van der Waals surface area contributed by atoms with E-state index in [2.05, 4.69) is 20.5 Å². The third-order valence-corrected chi connectivity index (χ3v) is 6.99. The molecule has 1 amide bonds. The number of aryl methyl sites for hydroxylation is 2. The number of fused-ring (bicyclic) bond motifs is 1. The molecule has 1 saturated carbocycles. The Kier molecular flexibility index (Phi) is 5.25. The molecular weight excluding hydrogens is 448 g/mol. The molecule has 0 unspecified atom stereocenters. The second-order valence-electron chi connectivity index (χ2n) is 8.40. The van der Waals surface area contributed by atoms with Crippen LogP contribution in [0.3, 0.4) is 0 Å². The zero-order valence-electron chi connectivity index (χ0n) is 18.1. The van der Waals surface area contributed by atoms with E-state index >= 15 is 0 Å². The topological polar surface area (TPSA) is 103 Å². The quantitative estimate of drug-likeness (QED) is 0.475. The van der Waals surface area contributed by atoms with Crippen LogP contribution in [0.25, 0.3) is 27.9 Å². The summed E-state index contributed by atoms with van der Waals surface area (Å²) >= 11 is 1.17. The maximum atomic E-state index is 14.3. The van der Waals surface area contributed by atoms with Crippen molar-refractivity contribution in [1.29, 1.82) is 0 Å². The van der Waals surface area contributed by atoms with Gasteiger partial charge in [-0.2, -0.15) is 10.2 Å². The Morgan fingerprint density at radius 1 is 1.24 bits per heavy atom. The van der Waals surface area contributed by atoms with Gasteiger partial charge in [0.1, 0.15) is 6.04 Å². The van der Waals surface area contributed by atoms with Crippen LogP contribution in [0.2, 0.25) is 0 Å². The van der Waals surface area contributed by atoms with E-state index in [4.69, 9.17) is 5.73 Å². The van der Waals surface area contributed by atoms with Crippen molar-refractivity contribution in [2.24, 2.45) is 12.8 Å². The van der Waals surface area contributed by atoms with Crippen LogP contribution < -0.4 is 11.1 Å². The Labute approximate surface area is 192 Å². The predicted molar refractivity (Wildman–Crippen MR) is 121 cm³/mol. The zero-order chi connectivity index (χ0) is 23.3. The lowest BCUT2D eigenvalue weighted by Crippen LogP contribution is -2.59. The lowest BCUT2D eigenvalue weighted by Gasteiger charge is -2.36. The number of alkyl halides is 2. The summed E-state index contributed by atoms with van der Waals surface area (Å²) in [4.78, 5) is 18.0. The van der Waals surface area contributed by atoms with Gasteiger partial charge in [-0.3, -0.25) is 9.48 Å². The van der Waals surface area contributed by atoms with Crippen LogP contribution in [-0.2, 0) is 7.05 Å². The number of amides is 1. The number of carbonyl (C=O) groups is 1. The number of nitrogens with two attached hydrogens (primary N) is 1. The monoisotopic (exact) mass is 471 g/mol. The third-order valence-electron chi connectivity index (χ3n) is 6.02. The van der Waals surface area contributed by atoms with E-state index in [0.717, 1.165) is 27.1 Å². The van der Waals surface area contributed by atoms with Crippen molar-refractivity contribution < 1.29 is 13.6 Å². The number of carbonyl (C=O) groups excluding carboxylic acids is 1. The molecule has 0 bridgehead atoms. The highest BCUT2D eigenvalue weighted by molar-refractivity contribution is 7.14. The molecule has 0 aromatic carbocycles. The number of nitrogens with zero attached hydrogens (tertiary/aromatic N) is 5. The van der Waals surface area contributed by atoms with Crippen LogP contribution in [-0.4, -0.2) is 48.3 Å². The van der Waals surface area contributed by atoms with Gasteiger partial charge in [-0.15, -0.1) is 11.3 Å². The number of hydrogen-bond donors (Lipinski definition) is 2. The third kappa shape index (κ3) is 3.91. The van der Waals surface area contributed by atoms with Crippen molar-refractivity contribution in [1.82, 2.24) is 29.7 Å². The summed E-state index contributed by atoms with van der Waals surface area (Å²) in [6, 6.07) is 1.73. The summed E-state index contributed by atoms with van der Waals surface area (Å²) < 4.78 is 32.1. The number of halogens is 2. The number of thiazole rings is 1. The standard InChI is InChI=1S/C22H23F2N7OS/c1-12-18(28-21(33-12)20(32)29-19-16(25)4-3-7-22(19,23)24)15-9-27-31-11-13(5-6-17(15)31)14-8-26-30(2)10-14/h5-6,8-11,16,19H,3-4,7,25H2,1-2H3,(H,29,32)/t16-,19-/m1/s1. The molecule has 1 aliphatic rings. The zero-order valence-corrected chi connectivity index (χ0v) is 18.9. The molecule has 3 N–H and O–H groups in total. The lowest BCUT2D eigenvalue weighted by molar-refractivity contribution is -0.0674. The Hall–Kier alpha value is -3.18. The van der Waals surface area contributed by atoms with Crippen LogP contribution in [0.15, 0.2) is 36.9 Å². The molecule has 8 nitrogen and oxygen atoms in total. The average molecular weight is 472 g/mol. The van der Waals surface area contributed by atoms with Gasteiger partial charge < -0.3 is 11.1 Å². The Morgan fingerprint density at radius 3 is 2.79 bits per heavy atom. The molecule has 2 atom stereocenters. The van der Waals surface area contributed by atoms with Gasteiger partial charge in [0, 0.05) is 53.5 Å². The van der Waals surface area contributed by atoms with Crippen molar-refractivity contribution in [3.05, 3.63) is 46.8 Å². The van der Waals surface area contributed by atoms with Gasteiger partial charge in [-0.05, 0) is 25.8 Å². The molecule has 4 heterocycles. The molecule has 4 aromatic heterocycles. The molecule has 172 valence electrons. The van der Waals surface area contributed by atoms with Crippen LogP contribution in [0.4, 0.5) is 8.78 Å². The highest BCUT2D eigenvalue weighted by Gasteiger charge is 2.46. The maximum absolute atomic E-state index is 14.3. The van der Waals surface area contributed by atoms with Gasteiger partial charge in [0.2, 0.25) is 0 Å². The highest BCUT2D eigenvalue weighted by atomic mass is 32.1. The number of aromatic nitrogens is 5. The van der Waals surface area contributed by atoms with E-state index in [1.807, 2.05) is 38.5 Å². The first kappa shape index (κ1) is 21.7. The van der Waals surface area contributed by atoms with Gasteiger partial charge in [0.25, 0.3) is 11.8 Å². The lowest BCUT2D eigenvalue weighted by atomic mass is 9.87. The number of rotatable bonds is 4.